The van der Waals surface area contributed by atoms with Gasteiger partial charge in [0.2, 0.25) is 11.8 Å². The number of nitrogens with one attached hydrogen (secondary N) is 2. The normalized spacial score (nSPS) is 27.5. The van der Waals surface area contributed by atoms with E-state index in [2.05, 4.69) is 43.8 Å². The second kappa shape index (κ2) is 6.35. The molecule has 0 radical (unpaired) electrons. The van der Waals surface area contributed by atoms with Crippen molar-refractivity contribution in [2.75, 3.05) is 18.0 Å². The van der Waals surface area contributed by atoms with Gasteiger partial charge in [0.1, 0.15) is 6.04 Å². The third-order valence-electron chi connectivity index (χ3n) is 6.14. The van der Waals surface area contributed by atoms with Crippen molar-refractivity contribution in [1.82, 2.24) is 15.8 Å². The van der Waals surface area contributed by atoms with Crippen LogP contribution in [-0.4, -0.2) is 47.9 Å². The molecule has 1 spiro atoms. The lowest BCUT2D eigenvalue weighted by atomic mass is 9.73. The molecule has 2 amide bonds. The number of likely N-dealkylation sites (tertiary alicyclic amines) is 1. The number of fused-ring (bicyclic) bond motifs is 2. The molecule has 0 saturated carbocycles. The Balaban J connectivity index is 1.55. The lowest BCUT2D eigenvalue weighted by Gasteiger charge is -2.39. The van der Waals surface area contributed by atoms with Crippen LogP contribution >= 0.6 is 0 Å². The summed E-state index contributed by atoms with van der Waals surface area (Å²) in [5, 5.41) is 0. The average molecular weight is 356 g/mol. The molecule has 3 aliphatic rings. The number of carbonyl (C=O) groups is 2. The lowest BCUT2D eigenvalue weighted by Crippen LogP contribution is -2.54. The number of benzene rings is 1. The molecule has 6 nitrogen and oxygen atoms in total. The Labute approximate surface area is 154 Å². The average Bonchev–Trinajstić information content (AvgIpc) is 3.16. The first-order valence-corrected chi connectivity index (χ1v) is 9.67. The fraction of sp³-hybridized carbons (Fsp3) is 0.600. The number of nitrogens with zero attached hydrogens (tertiary/aromatic N) is 2. The molecule has 0 bridgehead atoms. The number of hydrogen-bond donors (Lipinski definition) is 2. The molecule has 3 aliphatic heterocycles. The van der Waals surface area contributed by atoms with Crippen LogP contribution in [0.15, 0.2) is 24.3 Å². The third-order valence-corrected chi connectivity index (χ3v) is 6.14. The first-order valence-electron chi connectivity index (χ1n) is 9.67. The van der Waals surface area contributed by atoms with Crippen LogP contribution in [0.1, 0.15) is 45.6 Å². The Bertz CT molecular complexity index is 724. The van der Waals surface area contributed by atoms with Crippen LogP contribution in [0.5, 0.6) is 0 Å². The van der Waals surface area contributed by atoms with Gasteiger partial charge in [0.25, 0.3) is 0 Å². The van der Waals surface area contributed by atoms with E-state index in [0.29, 0.717) is 32.0 Å². The molecule has 2 N–H and O–H groups in total. The monoisotopic (exact) mass is 356 g/mol. The van der Waals surface area contributed by atoms with E-state index in [1.54, 1.807) is 0 Å². The van der Waals surface area contributed by atoms with Gasteiger partial charge in [-0.25, -0.2) is 5.43 Å². The number of piperidine rings is 1. The van der Waals surface area contributed by atoms with Crippen molar-refractivity contribution in [3.05, 3.63) is 29.8 Å². The molecule has 2 unspecified atom stereocenters. The first kappa shape index (κ1) is 17.5. The van der Waals surface area contributed by atoms with Crippen LogP contribution in [0.25, 0.3) is 0 Å². The largest absolute Gasteiger partial charge is 0.341 e. The molecular formula is C20H28N4O2. The summed E-state index contributed by atoms with van der Waals surface area (Å²) in [6.07, 6.45) is 2.21. The summed E-state index contributed by atoms with van der Waals surface area (Å²) in [5.74, 6) is 0.353. The van der Waals surface area contributed by atoms with Gasteiger partial charge in [0.15, 0.2) is 0 Å². The zero-order valence-corrected chi connectivity index (χ0v) is 15.8. The minimum Gasteiger partial charge on any atom is -0.341 e. The smallest absolute Gasteiger partial charge is 0.241 e. The predicted octanol–water partition coefficient (Wildman–Crippen LogP) is 1.56. The molecular weight excluding hydrogens is 328 g/mol. The van der Waals surface area contributed by atoms with E-state index in [1.807, 2.05) is 21.9 Å². The molecule has 0 aliphatic carbocycles. The molecule has 1 aromatic carbocycles. The maximum Gasteiger partial charge on any atom is 0.241 e. The summed E-state index contributed by atoms with van der Waals surface area (Å²) in [6.45, 7) is 7.47. The summed E-state index contributed by atoms with van der Waals surface area (Å²) in [5.41, 5.74) is 7.93. The van der Waals surface area contributed by atoms with Crippen LogP contribution in [0.4, 0.5) is 5.69 Å². The van der Waals surface area contributed by atoms with E-state index in [1.165, 1.54) is 0 Å². The quantitative estimate of drug-likeness (QED) is 0.844. The maximum atomic E-state index is 13.4. The number of para-hydroxylation sites is 1. The summed E-state index contributed by atoms with van der Waals surface area (Å²) in [6, 6.07) is 8.45. The van der Waals surface area contributed by atoms with E-state index < -0.39 is 5.41 Å². The van der Waals surface area contributed by atoms with Crippen LogP contribution in [0.2, 0.25) is 0 Å². The number of anilines is 1. The number of rotatable bonds is 2. The molecule has 2 atom stereocenters. The van der Waals surface area contributed by atoms with Gasteiger partial charge in [-0.1, -0.05) is 18.2 Å². The molecule has 4 rings (SSSR count). The first-order chi connectivity index (χ1) is 12.4. The minimum atomic E-state index is -0.466. The molecule has 0 aromatic heterocycles. The Hall–Kier alpha value is -1.92. The maximum absolute atomic E-state index is 13.4. The summed E-state index contributed by atoms with van der Waals surface area (Å²) >= 11 is 0. The van der Waals surface area contributed by atoms with Gasteiger partial charge in [-0.15, -0.1) is 0 Å². The fourth-order valence-corrected chi connectivity index (χ4v) is 4.75. The molecule has 2 saturated heterocycles. The number of amides is 2. The second-order valence-electron chi connectivity index (χ2n) is 8.17. The molecule has 26 heavy (non-hydrogen) atoms. The number of hydrazine groups is 1. The topological polar surface area (TPSA) is 64.7 Å². The second-order valence-corrected chi connectivity index (χ2v) is 8.17. The summed E-state index contributed by atoms with van der Waals surface area (Å²) in [7, 11) is 0. The van der Waals surface area contributed by atoms with Crippen molar-refractivity contribution in [3.8, 4) is 0 Å². The Morgan fingerprint density at radius 1 is 1.19 bits per heavy atom. The molecule has 140 valence electrons. The van der Waals surface area contributed by atoms with E-state index >= 15 is 0 Å². The Morgan fingerprint density at radius 2 is 1.88 bits per heavy atom. The van der Waals surface area contributed by atoms with Crippen molar-refractivity contribution in [1.29, 1.82) is 0 Å². The Morgan fingerprint density at radius 3 is 2.50 bits per heavy atom. The number of carbonyl (C=O) groups excluding carboxylic acids is 2. The van der Waals surface area contributed by atoms with Crippen LogP contribution < -0.4 is 15.8 Å². The van der Waals surface area contributed by atoms with Crippen LogP contribution in [0, 0.1) is 0 Å². The van der Waals surface area contributed by atoms with Gasteiger partial charge < -0.3 is 9.80 Å². The SMILES string of the molecule is CC1CC(C(=O)N2CCC3(CC2)C(=O)N(C(C)C)c2ccccc23)NN1. The van der Waals surface area contributed by atoms with E-state index in [-0.39, 0.29) is 23.9 Å². The zero-order chi connectivity index (χ0) is 18.5. The van der Waals surface area contributed by atoms with Gasteiger partial charge in [-0.3, -0.25) is 15.0 Å². The predicted molar refractivity (Wildman–Crippen MR) is 101 cm³/mol. The molecule has 6 heteroatoms. The van der Waals surface area contributed by atoms with Crippen molar-refractivity contribution >= 4 is 17.5 Å². The third kappa shape index (κ3) is 2.55. The van der Waals surface area contributed by atoms with Crippen molar-refractivity contribution in [2.24, 2.45) is 0 Å². The molecule has 1 aromatic rings. The molecule has 3 heterocycles. The minimum absolute atomic E-state index is 0.137. The zero-order valence-electron chi connectivity index (χ0n) is 15.8. The highest BCUT2D eigenvalue weighted by Crippen LogP contribution is 2.48. The van der Waals surface area contributed by atoms with Gasteiger partial charge in [0.05, 0.1) is 5.41 Å². The lowest BCUT2D eigenvalue weighted by molar-refractivity contribution is -0.137. The highest BCUT2D eigenvalue weighted by atomic mass is 16.2. The number of hydrogen-bond acceptors (Lipinski definition) is 4. The van der Waals surface area contributed by atoms with Crippen molar-refractivity contribution in [3.63, 3.8) is 0 Å². The highest BCUT2D eigenvalue weighted by Gasteiger charge is 2.53. The summed E-state index contributed by atoms with van der Waals surface area (Å²) < 4.78 is 0. The van der Waals surface area contributed by atoms with Crippen molar-refractivity contribution in [2.45, 2.75) is 63.6 Å². The fourth-order valence-electron chi connectivity index (χ4n) is 4.75. The van der Waals surface area contributed by atoms with E-state index in [4.69, 9.17) is 0 Å². The van der Waals surface area contributed by atoms with E-state index in [9.17, 15) is 9.59 Å². The Kier molecular flexibility index (Phi) is 4.28. The molecule has 2 fully saturated rings. The van der Waals surface area contributed by atoms with Crippen LogP contribution in [0.3, 0.4) is 0 Å². The van der Waals surface area contributed by atoms with Gasteiger partial charge in [-0.2, -0.15) is 0 Å². The van der Waals surface area contributed by atoms with Gasteiger partial charge in [-0.05, 0) is 51.7 Å². The van der Waals surface area contributed by atoms with E-state index in [0.717, 1.165) is 17.7 Å². The van der Waals surface area contributed by atoms with Crippen LogP contribution in [-0.2, 0) is 15.0 Å². The highest BCUT2D eigenvalue weighted by molar-refractivity contribution is 6.08. The van der Waals surface area contributed by atoms with Gasteiger partial charge in [0, 0.05) is 30.9 Å². The summed E-state index contributed by atoms with van der Waals surface area (Å²) in [4.78, 5) is 30.0. The standard InChI is InChI=1S/C20H28N4O2/c1-13(2)24-17-7-5-4-6-15(17)20(19(24)26)8-10-23(11-9-20)18(25)16-12-14(3)21-22-16/h4-7,13-14,16,21-22H,8-12H2,1-3H3. The van der Waals surface area contributed by atoms with Gasteiger partial charge >= 0.3 is 0 Å². The van der Waals surface area contributed by atoms with Crippen molar-refractivity contribution < 1.29 is 9.59 Å².